The van der Waals surface area contributed by atoms with Crippen LogP contribution in [0.3, 0.4) is 0 Å². The molecule has 0 aliphatic carbocycles. The van der Waals surface area contributed by atoms with Gasteiger partial charge in [-0.3, -0.25) is 9.69 Å². The molecule has 0 atom stereocenters. The van der Waals surface area contributed by atoms with Crippen molar-refractivity contribution in [2.75, 3.05) is 12.0 Å². The summed E-state index contributed by atoms with van der Waals surface area (Å²) in [7, 11) is 1.59. The number of rotatable bonds is 3. The Balaban J connectivity index is 1.76. The third-order valence-electron chi connectivity index (χ3n) is 4.23. The second kappa shape index (κ2) is 6.94. The number of hydrogen-bond donors (Lipinski definition) is 0. The summed E-state index contributed by atoms with van der Waals surface area (Å²) in [6.45, 7) is 0. The fraction of sp³-hybridized carbons (Fsp3) is 0.0476. The molecule has 3 aromatic rings. The second-order valence-electron chi connectivity index (χ2n) is 5.76. The molecule has 0 N–H and O–H groups in total. The van der Waals surface area contributed by atoms with Crippen molar-refractivity contribution in [2.24, 2.45) is 0 Å². The first-order valence-electron chi connectivity index (χ1n) is 8.08. The lowest BCUT2D eigenvalue weighted by atomic mass is 10.0. The summed E-state index contributed by atoms with van der Waals surface area (Å²) in [4.78, 5) is 15.2. The summed E-state index contributed by atoms with van der Waals surface area (Å²) >= 11 is 6.78. The largest absolute Gasteiger partial charge is 0.495 e. The number of carbonyl (C=O) groups is 1. The van der Waals surface area contributed by atoms with Crippen molar-refractivity contribution in [3.05, 3.63) is 77.2 Å². The third kappa shape index (κ3) is 2.89. The first-order valence-corrected chi connectivity index (χ1v) is 9.30. The lowest BCUT2D eigenvalue weighted by Gasteiger charge is -2.17. The van der Waals surface area contributed by atoms with Crippen LogP contribution < -0.4 is 9.64 Å². The van der Waals surface area contributed by atoms with Gasteiger partial charge in [0.1, 0.15) is 5.75 Å². The number of nitrogens with zero attached hydrogens (tertiary/aromatic N) is 1. The van der Waals surface area contributed by atoms with E-state index in [-0.39, 0.29) is 5.91 Å². The fourth-order valence-electron chi connectivity index (χ4n) is 3.01. The van der Waals surface area contributed by atoms with E-state index in [9.17, 15) is 4.79 Å². The molecule has 5 heteroatoms. The molecule has 26 heavy (non-hydrogen) atoms. The molecule has 1 amide bonds. The van der Waals surface area contributed by atoms with E-state index in [0.29, 0.717) is 20.7 Å². The van der Waals surface area contributed by atoms with Crippen LogP contribution in [0, 0.1) is 0 Å². The van der Waals surface area contributed by atoms with Crippen molar-refractivity contribution in [1.82, 2.24) is 0 Å². The van der Waals surface area contributed by atoms with Crippen molar-refractivity contribution in [3.8, 4) is 5.75 Å². The Kier molecular flexibility index (Phi) is 4.49. The molecule has 0 aromatic heterocycles. The highest BCUT2D eigenvalue weighted by Gasteiger charge is 2.34. The van der Waals surface area contributed by atoms with Crippen molar-refractivity contribution in [2.45, 2.75) is 0 Å². The van der Waals surface area contributed by atoms with Gasteiger partial charge in [-0.2, -0.15) is 0 Å². The molecule has 0 saturated carbocycles. The van der Waals surface area contributed by atoms with Gasteiger partial charge in [0.25, 0.3) is 5.91 Å². The zero-order chi connectivity index (χ0) is 18.1. The van der Waals surface area contributed by atoms with E-state index in [1.54, 1.807) is 7.11 Å². The van der Waals surface area contributed by atoms with Crippen molar-refractivity contribution < 1.29 is 9.53 Å². The Hall–Kier alpha value is -2.63. The van der Waals surface area contributed by atoms with E-state index in [4.69, 9.17) is 17.0 Å². The average Bonchev–Trinajstić information content (AvgIpc) is 2.95. The molecule has 0 spiro atoms. The van der Waals surface area contributed by atoms with Gasteiger partial charge in [-0.25, -0.2) is 0 Å². The Morgan fingerprint density at radius 1 is 1.00 bits per heavy atom. The van der Waals surface area contributed by atoms with Gasteiger partial charge in [-0.05, 0) is 34.5 Å². The van der Waals surface area contributed by atoms with Gasteiger partial charge in [-0.1, -0.05) is 78.6 Å². The fourth-order valence-corrected chi connectivity index (χ4v) is 4.28. The summed E-state index contributed by atoms with van der Waals surface area (Å²) in [5.74, 6) is 0.493. The molecule has 3 nitrogen and oxygen atoms in total. The maximum absolute atomic E-state index is 13.0. The Morgan fingerprint density at radius 2 is 1.73 bits per heavy atom. The number of thioether (sulfide) groups is 1. The third-order valence-corrected chi connectivity index (χ3v) is 5.53. The number of fused-ring (bicyclic) bond motifs is 1. The van der Waals surface area contributed by atoms with Crippen molar-refractivity contribution in [3.63, 3.8) is 0 Å². The molecule has 3 aromatic carbocycles. The van der Waals surface area contributed by atoms with Gasteiger partial charge in [0.05, 0.1) is 17.7 Å². The Bertz CT molecular complexity index is 1050. The molecule has 0 bridgehead atoms. The zero-order valence-electron chi connectivity index (χ0n) is 14.0. The maximum atomic E-state index is 13.0. The SMILES string of the molecule is COc1ccccc1N1C(=O)/C(=C\c2cccc3ccccc23)SC1=S. The maximum Gasteiger partial charge on any atom is 0.270 e. The van der Waals surface area contributed by atoms with Gasteiger partial charge in [0, 0.05) is 0 Å². The summed E-state index contributed by atoms with van der Waals surface area (Å²) in [6.07, 6.45) is 1.91. The number of anilines is 1. The van der Waals surface area contributed by atoms with Crippen LogP contribution in [0.25, 0.3) is 16.8 Å². The predicted octanol–water partition coefficient (Wildman–Crippen LogP) is 5.25. The lowest BCUT2D eigenvalue weighted by Crippen LogP contribution is -2.27. The standard InChI is InChI=1S/C21H15NO2S2/c1-24-18-12-5-4-11-17(18)22-20(23)19(26-21(22)25)13-15-9-6-8-14-7-2-3-10-16(14)15/h2-13H,1H3/b19-13+. The number of ether oxygens (including phenoxy) is 1. The normalized spacial score (nSPS) is 15.9. The topological polar surface area (TPSA) is 29.5 Å². The summed E-state index contributed by atoms with van der Waals surface area (Å²) in [5, 5.41) is 2.25. The minimum absolute atomic E-state index is 0.127. The van der Waals surface area contributed by atoms with Gasteiger partial charge in [0.15, 0.2) is 4.32 Å². The van der Waals surface area contributed by atoms with Crippen LogP contribution in [-0.4, -0.2) is 17.3 Å². The van der Waals surface area contributed by atoms with Crippen LogP contribution >= 0.6 is 24.0 Å². The highest BCUT2D eigenvalue weighted by atomic mass is 32.2. The monoisotopic (exact) mass is 377 g/mol. The van der Waals surface area contributed by atoms with E-state index in [0.717, 1.165) is 16.3 Å². The predicted molar refractivity (Wildman–Crippen MR) is 113 cm³/mol. The van der Waals surface area contributed by atoms with E-state index < -0.39 is 0 Å². The summed E-state index contributed by atoms with van der Waals surface area (Å²) in [6, 6.07) is 21.6. The Morgan fingerprint density at radius 3 is 2.58 bits per heavy atom. The number of carbonyl (C=O) groups excluding carboxylic acids is 1. The van der Waals surface area contributed by atoms with Crippen molar-refractivity contribution in [1.29, 1.82) is 0 Å². The number of methoxy groups -OCH3 is 1. The number of amides is 1. The van der Waals surface area contributed by atoms with E-state index >= 15 is 0 Å². The molecule has 0 unspecified atom stereocenters. The van der Waals surface area contributed by atoms with Gasteiger partial charge >= 0.3 is 0 Å². The smallest absolute Gasteiger partial charge is 0.270 e. The highest BCUT2D eigenvalue weighted by molar-refractivity contribution is 8.27. The molecule has 1 aliphatic rings. The number of benzene rings is 3. The highest BCUT2D eigenvalue weighted by Crippen LogP contribution is 2.40. The van der Waals surface area contributed by atoms with Crippen LogP contribution in [0.4, 0.5) is 5.69 Å². The van der Waals surface area contributed by atoms with Crippen molar-refractivity contribution >= 4 is 56.7 Å². The van der Waals surface area contributed by atoms with Crippen LogP contribution in [0.2, 0.25) is 0 Å². The lowest BCUT2D eigenvalue weighted by molar-refractivity contribution is -0.113. The van der Waals surface area contributed by atoms with Gasteiger partial charge in [-0.15, -0.1) is 0 Å². The average molecular weight is 377 g/mol. The first-order chi connectivity index (χ1) is 12.7. The quantitative estimate of drug-likeness (QED) is 0.460. The summed E-state index contributed by atoms with van der Waals surface area (Å²) < 4.78 is 5.89. The zero-order valence-corrected chi connectivity index (χ0v) is 15.6. The first kappa shape index (κ1) is 16.8. The van der Waals surface area contributed by atoms with Crippen LogP contribution in [-0.2, 0) is 4.79 Å². The van der Waals surface area contributed by atoms with E-state index in [1.807, 2.05) is 54.6 Å². The van der Waals surface area contributed by atoms with Crippen LogP contribution in [0.5, 0.6) is 5.75 Å². The summed E-state index contributed by atoms with van der Waals surface area (Å²) in [5.41, 5.74) is 1.67. The minimum atomic E-state index is -0.127. The molecule has 128 valence electrons. The van der Waals surface area contributed by atoms with Crippen LogP contribution in [0.1, 0.15) is 5.56 Å². The van der Waals surface area contributed by atoms with Gasteiger partial charge < -0.3 is 4.74 Å². The molecular weight excluding hydrogens is 362 g/mol. The molecule has 1 fully saturated rings. The number of para-hydroxylation sites is 2. The molecule has 4 rings (SSSR count). The van der Waals surface area contributed by atoms with Gasteiger partial charge in [0.2, 0.25) is 0 Å². The molecule has 1 aliphatic heterocycles. The van der Waals surface area contributed by atoms with E-state index in [1.165, 1.54) is 16.7 Å². The van der Waals surface area contributed by atoms with Crippen LogP contribution in [0.15, 0.2) is 71.6 Å². The number of thiocarbonyl (C=S) groups is 1. The minimum Gasteiger partial charge on any atom is -0.495 e. The second-order valence-corrected chi connectivity index (χ2v) is 7.43. The molecular formula is C21H15NO2S2. The molecule has 1 saturated heterocycles. The molecule has 1 heterocycles. The van der Waals surface area contributed by atoms with E-state index in [2.05, 4.69) is 18.2 Å². The Labute approximate surface area is 161 Å². The molecule has 0 radical (unpaired) electrons. The number of hydrogen-bond acceptors (Lipinski definition) is 4.